The van der Waals surface area contributed by atoms with Crippen molar-refractivity contribution in [1.29, 1.82) is 0 Å². The summed E-state index contributed by atoms with van der Waals surface area (Å²) in [4.78, 5) is 54.9. The Bertz CT molecular complexity index is 714. The van der Waals surface area contributed by atoms with E-state index in [0.29, 0.717) is 25.8 Å². The number of carboxylic acid groups (broad SMARTS) is 1. The van der Waals surface area contributed by atoms with Gasteiger partial charge in [0.2, 0.25) is 17.7 Å². The van der Waals surface area contributed by atoms with Gasteiger partial charge in [0.1, 0.15) is 18.1 Å². The van der Waals surface area contributed by atoms with Crippen molar-refractivity contribution in [3.8, 4) is 0 Å². The van der Waals surface area contributed by atoms with Crippen LogP contribution in [0.25, 0.3) is 0 Å². The summed E-state index contributed by atoms with van der Waals surface area (Å²) in [7, 11) is 0. The second kappa shape index (κ2) is 13.1. The average Bonchev–Trinajstić information content (AvgIpc) is 3.21. The third kappa shape index (κ3) is 8.19. The zero-order valence-electron chi connectivity index (χ0n) is 18.5. The van der Waals surface area contributed by atoms with Gasteiger partial charge in [0.25, 0.3) is 0 Å². The Kier molecular flexibility index (Phi) is 11.3. The molecule has 4 atom stereocenters. The minimum atomic E-state index is -1.20. The van der Waals surface area contributed by atoms with E-state index in [4.69, 9.17) is 17.2 Å². The molecule has 0 spiro atoms. The number of thiol groups is 1. The number of nitrogens with two attached hydrogens (primary N) is 3. The first-order valence-electron chi connectivity index (χ1n) is 10.5. The predicted octanol–water partition coefficient (Wildman–Crippen LogP) is -2.00. The first-order chi connectivity index (χ1) is 15.0. The topological polar surface area (TPSA) is 206 Å². The number of aliphatic carboxylic acids is 1. The van der Waals surface area contributed by atoms with Gasteiger partial charge in [-0.25, -0.2) is 4.79 Å². The van der Waals surface area contributed by atoms with Gasteiger partial charge in [0.05, 0.1) is 6.04 Å². The van der Waals surface area contributed by atoms with E-state index < -0.39 is 42.0 Å². The largest absolute Gasteiger partial charge is 0.480 e. The highest BCUT2D eigenvalue weighted by molar-refractivity contribution is 7.80. The van der Waals surface area contributed by atoms with Crippen molar-refractivity contribution < 1.29 is 24.3 Å². The molecule has 0 aromatic rings. The van der Waals surface area contributed by atoms with Crippen molar-refractivity contribution in [2.24, 2.45) is 28.1 Å². The van der Waals surface area contributed by atoms with Gasteiger partial charge in [-0.15, -0.1) is 0 Å². The molecule has 4 unspecified atom stereocenters. The number of carbonyl (C=O) groups is 4. The number of amides is 3. The highest BCUT2D eigenvalue weighted by Gasteiger charge is 2.38. The first-order valence-corrected chi connectivity index (χ1v) is 11.2. The Morgan fingerprint density at radius 2 is 1.88 bits per heavy atom. The molecule has 13 heteroatoms. The van der Waals surface area contributed by atoms with Crippen molar-refractivity contribution in [3.63, 3.8) is 0 Å². The zero-order valence-corrected chi connectivity index (χ0v) is 19.4. The first kappa shape index (κ1) is 27.5. The SMILES string of the molecule is CC(C)C(NC(=O)C1CCCN1C(=O)C(N)CS)C(=O)NC(CCCN=C(N)N)C(=O)O. The van der Waals surface area contributed by atoms with Crippen molar-refractivity contribution in [3.05, 3.63) is 0 Å². The van der Waals surface area contributed by atoms with E-state index in [0.717, 1.165) is 0 Å². The van der Waals surface area contributed by atoms with Gasteiger partial charge in [-0.3, -0.25) is 19.4 Å². The van der Waals surface area contributed by atoms with Crippen LogP contribution >= 0.6 is 12.6 Å². The summed E-state index contributed by atoms with van der Waals surface area (Å²) in [5, 5.41) is 14.6. The summed E-state index contributed by atoms with van der Waals surface area (Å²) < 4.78 is 0. The van der Waals surface area contributed by atoms with Crippen LogP contribution < -0.4 is 27.8 Å². The number of carbonyl (C=O) groups excluding carboxylic acids is 3. The predicted molar refractivity (Wildman–Crippen MR) is 123 cm³/mol. The fraction of sp³-hybridized carbons (Fsp3) is 0.737. The van der Waals surface area contributed by atoms with E-state index >= 15 is 0 Å². The number of nitrogens with one attached hydrogen (secondary N) is 2. The lowest BCUT2D eigenvalue weighted by Crippen LogP contribution is -2.58. The van der Waals surface area contributed by atoms with Gasteiger partial charge < -0.3 is 37.8 Å². The number of hydrogen-bond donors (Lipinski definition) is 7. The molecule has 9 N–H and O–H groups in total. The monoisotopic (exact) mass is 473 g/mol. The molecule has 1 aliphatic heterocycles. The number of aliphatic imine (C=N–C) groups is 1. The Labute approximate surface area is 193 Å². The average molecular weight is 474 g/mol. The van der Waals surface area contributed by atoms with Crippen LogP contribution in [0.2, 0.25) is 0 Å². The van der Waals surface area contributed by atoms with Crippen LogP contribution in [0, 0.1) is 5.92 Å². The Hall–Kier alpha value is -2.54. The van der Waals surface area contributed by atoms with Crippen LogP contribution in [0.3, 0.4) is 0 Å². The maximum Gasteiger partial charge on any atom is 0.326 e. The van der Waals surface area contributed by atoms with Crippen LogP contribution in [-0.2, 0) is 19.2 Å². The molecule has 0 bridgehead atoms. The van der Waals surface area contributed by atoms with Gasteiger partial charge >= 0.3 is 5.97 Å². The molecule has 1 fully saturated rings. The van der Waals surface area contributed by atoms with Crippen LogP contribution in [-0.4, -0.2) is 82.7 Å². The van der Waals surface area contributed by atoms with Crippen molar-refractivity contribution in [1.82, 2.24) is 15.5 Å². The third-order valence-electron chi connectivity index (χ3n) is 5.16. The van der Waals surface area contributed by atoms with Crippen molar-refractivity contribution in [2.75, 3.05) is 18.8 Å². The summed E-state index contributed by atoms with van der Waals surface area (Å²) in [5.74, 6) is -2.93. The minimum Gasteiger partial charge on any atom is -0.480 e. The van der Waals surface area contributed by atoms with Gasteiger partial charge in [0, 0.05) is 18.8 Å². The maximum atomic E-state index is 12.9. The van der Waals surface area contributed by atoms with Crippen LogP contribution in [0.15, 0.2) is 4.99 Å². The highest BCUT2D eigenvalue weighted by atomic mass is 32.1. The second-order valence-corrected chi connectivity index (χ2v) is 8.42. The van der Waals surface area contributed by atoms with E-state index in [2.05, 4.69) is 28.3 Å². The molecular weight excluding hydrogens is 438 g/mol. The molecular formula is C19H35N7O5S. The molecule has 0 saturated carbocycles. The summed E-state index contributed by atoms with van der Waals surface area (Å²) in [6.07, 6.45) is 1.55. The number of likely N-dealkylation sites (tertiary alicyclic amines) is 1. The van der Waals surface area contributed by atoms with Gasteiger partial charge in [-0.05, 0) is 31.6 Å². The summed E-state index contributed by atoms with van der Waals surface area (Å²) in [6, 6.07) is -3.69. The van der Waals surface area contributed by atoms with Gasteiger partial charge in [-0.1, -0.05) is 13.8 Å². The summed E-state index contributed by atoms with van der Waals surface area (Å²) >= 11 is 4.03. The zero-order chi connectivity index (χ0) is 24.4. The van der Waals surface area contributed by atoms with E-state index in [1.54, 1.807) is 13.8 Å². The molecule has 182 valence electrons. The van der Waals surface area contributed by atoms with E-state index in [1.165, 1.54) is 4.90 Å². The van der Waals surface area contributed by atoms with E-state index in [9.17, 15) is 24.3 Å². The molecule has 12 nitrogen and oxygen atoms in total. The van der Waals surface area contributed by atoms with Crippen LogP contribution in [0.1, 0.15) is 39.5 Å². The molecule has 1 saturated heterocycles. The molecule has 1 heterocycles. The van der Waals surface area contributed by atoms with E-state index in [1.807, 2.05) is 0 Å². The van der Waals surface area contributed by atoms with Gasteiger partial charge in [-0.2, -0.15) is 12.6 Å². The van der Waals surface area contributed by atoms with Crippen molar-refractivity contribution >= 4 is 42.3 Å². The minimum absolute atomic E-state index is 0.0988. The molecule has 0 aromatic carbocycles. The Morgan fingerprint density at radius 3 is 2.41 bits per heavy atom. The second-order valence-electron chi connectivity index (χ2n) is 8.06. The number of nitrogens with zero attached hydrogens (tertiary/aromatic N) is 2. The third-order valence-corrected chi connectivity index (χ3v) is 5.55. The smallest absolute Gasteiger partial charge is 0.326 e. The van der Waals surface area contributed by atoms with Crippen LogP contribution in [0.5, 0.6) is 0 Å². The molecule has 0 aromatic heterocycles. The lowest BCUT2D eigenvalue weighted by molar-refractivity contribution is -0.143. The summed E-state index contributed by atoms with van der Waals surface area (Å²) in [6.45, 7) is 4.08. The number of rotatable bonds is 12. The normalized spacial score (nSPS) is 18.5. The van der Waals surface area contributed by atoms with Crippen LogP contribution in [0.4, 0.5) is 0 Å². The quantitative estimate of drug-likeness (QED) is 0.0728. The fourth-order valence-corrected chi connectivity index (χ4v) is 3.56. The highest BCUT2D eigenvalue weighted by Crippen LogP contribution is 2.19. The number of guanidine groups is 1. The molecule has 0 aliphatic carbocycles. The lowest BCUT2D eigenvalue weighted by atomic mass is 10.0. The molecule has 1 rings (SSSR count). The molecule has 3 amide bonds. The Balaban J connectivity index is 2.81. The standard InChI is InChI=1S/C19H35N7O5S/c1-10(2)14(16(28)24-12(18(30)31)5-3-7-23-19(21)22)25-15(27)13-6-4-8-26(13)17(29)11(20)9-32/h10-14,32H,3-9,20H2,1-2H3,(H,24,28)(H,25,27)(H,30,31)(H4,21,22,23). The fourth-order valence-electron chi connectivity index (χ4n) is 3.40. The summed E-state index contributed by atoms with van der Waals surface area (Å²) in [5.41, 5.74) is 16.2. The molecule has 0 radical (unpaired) electrons. The number of hydrogen-bond acceptors (Lipinski definition) is 7. The molecule has 32 heavy (non-hydrogen) atoms. The molecule has 1 aliphatic rings. The van der Waals surface area contributed by atoms with E-state index in [-0.39, 0.29) is 36.5 Å². The van der Waals surface area contributed by atoms with Gasteiger partial charge in [0.15, 0.2) is 5.96 Å². The lowest BCUT2D eigenvalue weighted by Gasteiger charge is -2.29. The Morgan fingerprint density at radius 1 is 1.22 bits per heavy atom. The number of carboxylic acids is 1. The maximum absolute atomic E-state index is 12.9. The van der Waals surface area contributed by atoms with Crippen molar-refractivity contribution in [2.45, 2.75) is 63.7 Å².